The van der Waals surface area contributed by atoms with E-state index in [0.717, 1.165) is 5.69 Å². The predicted octanol–water partition coefficient (Wildman–Crippen LogP) is 1.37. The van der Waals surface area contributed by atoms with Crippen LogP contribution in [0.5, 0.6) is 0 Å². The number of amides is 1. The second-order valence-electron chi connectivity index (χ2n) is 6.10. The zero-order chi connectivity index (χ0) is 16.5. The summed E-state index contributed by atoms with van der Waals surface area (Å²) in [6.45, 7) is 0. The molecule has 122 valence electrons. The molecule has 24 heavy (non-hydrogen) atoms. The third-order valence-corrected chi connectivity index (χ3v) is 4.48. The summed E-state index contributed by atoms with van der Waals surface area (Å²) in [6, 6.07) is 8.87. The van der Waals surface area contributed by atoms with Gasteiger partial charge in [0.2, 0.25) is 0 Å². The summed E-state index contributed by atoms with van der Waals surface area (Å²) in [5, 5.41) is 20.4. The van der Waals surface area contributed by atoms with E-state index in [1.807, 2.05) is 18.2 Å². The molecule has 1 amide bonds. The van der Waals surface area contributed by atoms with Gasteiger partial charge in [-0.3, -0.25) is 14.2 Å². The van der Waals surface area contributed by atoms with E-state index >= 15 is 0 Å². The molecular weight excluding hydrogens is 306 g/mol. The molecule has 1 atom stereocenters. The Bertz CT molecular complexity index is 858. The highest BCUT2D eigenvalue weighted by Crippen LogP contribution is 2.37. The number of rotatable bonds is 4. The van der Waals surface area contributed by atoms with Crippen molar-refractivity contribution in [1.82, 2.24) is 24.9 Å². The van der Waals surface area contributed by atoms with Crippen molar-refractivity contribution in [1.29, 1.82) is 0 Å². The molecule has 3 aromatic rings. The zero-order valence-corrected chi connectivity index (χ0v) is 12.9. The van der Waals surface area contributed by atoms with Crippen LogP contribution in [0.4, 0.5) is 0 Å². The Hall–Kier alpha value is -2.80. The van der Waals surface area contributed by atoms with Crippen LogP contribution in [0.25, 0.3) is 5.65 Å². The monoisotopic (exact) mass is 323 g/mol. The highest BCUT2D eigenvalue weighted by atomic mass is 16.3. The molecule has 7 heteroatoms. The van der Waals surface area contributed by atoms with Crippen molar-refractivity contribution >= 4 is 11.6 Å². The van der Waals surface area contributed by atoms with Crippen molar-refractivity contribution in [2.24, 2.45) is 5.92 Å². The van der Waals surface area contributed by atoms with Gasteiger partial charge in [-0.1, -0.05) is 6.07 Å². The minimum Gasteiger partial charge on any atom is -0.393 e. The number of nitrogens with zero attached hydrogens (tertiary/aromatic N) is 4. The van der Waals surface area contributed by atoms with Crippen LogP contribution in [0, 0.1) is 5.92 Å². The van der Waals surface area contributed by atoms with E-state index in [1.54, 1.807) is 35.3 Å². The molecule has 3 aromatic heterocycles. The van der Waals surface area contributed by atoms with Gasteiger partial charge < -0.3 is 10.4 Å². The first kappa shape index (κ1) is 14.8. The number of aromatic nitrogens is 4. The van der Waals surface area contributed by atoms with E-state index in [2.05, 4.69) is 20.5 Å². The average molecular weight is 323 g/mol. The van der Waals surface area contributed by atoms with E-state index in [1.165, 1.54) is 0 Å². The zero-order valence-electron chi connectivity index (χ0n) is 12.9. The molecule has 2 N–H and O–H groups in total. The fourth-order valence-corrected chi connectivity index (χ4v) is 3.08. The maximum atomic E-state index is 12.7. The molecule has 0 aliphatic heterocycles. The Morgan fingerprint density at radius 1 is 1.33 bits per heavy atom. The van der Waals surface area contributed by atoms with Crippen LogP contribution >= 0.6 is 0 Å². The summed E-state index contributed by atoms with van der Waals surface area (Å²) in [4.78, 5) is 17.0. The maximum Gasteiger partial charge on any atom is 0.252 e. The number of aliphatic hydroxyl groups excluding tert-OH is 1. The molecule has 4 rings (SSSR count). The van der Waals surface area contributed by atoms with Crippen LogP contribution < -0.4 is 5.32 Å². The first-order chi connectivity index (χ1) is 11.7. The van der Waals surface area contributed by atoms with Gasteiger partial charge in [0, 0.05) is 18.0 Å². The summed E-state index contributed by atoms with van der Waals surface area (Å²) in [6.07, 6.45) is 6.11. The van der Waals surface area contributed by atoms with Crippen molar-refractivity contribution in [3.05, 3.63) is 60.3 Å². The van der Waals surface area contributed by atoms with Gasteiger partial charge in [0.25, 0.3) is 5.91 Å². The lowest BCUT2D eigenvalue weighted by atomic mass is 9.76. The molecule has 0 spiro atoms. The van der Waals surface area contributed by atoms with Crippen LogP contribution in [-0.2, 0) is 0 Å². The molecule has 1 saturated carbocycles. The number of hydrogen-bond donors (Lipinski definition) is 2. The van der Waals surface area contributed by atoms with Crippen LogP contribution in [0.2, 0.25) is 0 Å². The minimum atomic E-state index is -0.287. The van der Waals surface area contributed by atoms with Gasteiger partial charge in [0.1, 0.15) is 6.33 Å². The molecular formula is C17H17N5O2. The molecule has 3 heterocycles. The van der Waals surface area contributed by atoms with Crippen LogP contribution in [0.1, 0.15) is 34.9 Å². The topological polar surface area (TPSA) is 92.4 Å². The van der Waals surface area contributed by atoms with E-state index in [9.17, 15) is 9.90 Å². The number of pyridine rings is 2. The summed E-state index contributed by atoms with van der Waals surface area (Å²) in [7, 11) is 0. The van der Waals surface area contributed by atoms with Crippen LogP contribution in [-0.4, -0.2) is 36.7 Å². The maximum absolute atomic E-state index is 12.7. The lowest BCUT2D eigenvalue weighted by molar-refractivity contribution is 0.0228. The van der Waals surface area contributed by atoms with Crippen molar-refractivity contribution in [3.8, 4) is 0 Å². The first-order valence-electron chi connectivity index (χ1n) is 7.90. The van der Waals surface area contributed by atoms with Crippen LogP contribution in [0.3, 0.4) is 0 Å². The van der Waals surface area contributed by atoms with Gasteiger partial charge in [-0.15, -0.1) is 10.2 Å². The van der Waals surface area contributed by atoms with Gasteiger partial charge in [0.15, 0.2) is 5.65 Å². The SMILES string of the molecule is O=C(N[C@@H](c1ccccn1)C1CC(O)C1)c1ccn2cnnc2c1. The highest BCUT2D eigenvalue weighted by Gasteiger charge is 2.36. The van der Waals surface area contributed by atoms with Gasteiger partial charge in [-0.05, 0) is 43.0 Å². The van der Waals surface area contributed by atoms with E-state index in [4.69, 9.17) is 0 Å². The van der Waals surface area contributed by atoms with Gasteiger partial charge >= 0.3 is 0 Å². The molecule has 0 aromatic carbocycles. The van der Waals surface area contributed by atoms with Gasteiger partial charge in [-0.2, -0.15) is 0 Å². The second-order valence-corrected chi connectivity index (χ2v) is 6.10. The van der Waals surface area contributed by atoms with E-state index in [-0.39, 0.29) is 24.0 Å². The lowest BCUT2D eigenvalue weighted by Crippen LogP contribution is -2.41. The Morgan fingerprint density at radius 3 is 2.96 bits per heavy atom. The summed E-state index contributed by atoms with van der Waals surface area (Å²) in [5.41, 5.74) is 1.96. The number of hydrogen-bond acceptors (Lipinski definition) is 5. The summed E-state index contributed by atoms with van der Waals surface area (Å²) in [5.74, 6) is 0.00761. The third kappa shape index (κ3) is 2.74. The van der Waals surface area contributed by atoms with Gasteiger partial charge in [-0.25, -0.2) is 0 Å². The van der Waals surface area contributed by atoms with Crippen molar-refractivity contribution in [2.75, 3.05) is 0 Å². The summed E-state index contributed by atoms with van der Waals surface area (Å²) < 4.78 is 1.75. The Labute approximate surface area is 138 Å². The second kappa shape index (κ2) is 6.01. The smallest absolute Gasteiger partial charge is 0.252 e. The minimum absolute atomic E-state index is 0.183. The first-order valence-corrected chi connectivity index (χ1v) is 7.90. The Morgan fingerprint density at radius 2 is 2.21 bits per heavy atom. The average Bonchev–Trinajstić information content (AvgIpc) is 3.05. The van der Waals surface area contributed by atoms with Crippen molar-refractivity contribution in [3.63, 3.8) is 0 Å². The normalized spacial score (nSPS) is 21.2. The third-order valence-electron chi connectivity index (χ3n) is 4.48. The number of aliphatic hydroxyl groups is 1. The Kier molecular flexibility index (Phi) is 3.70. The molecule has 0 bridgehead atoms. The number of carbonyl (C=O) groups excluding carboxylic acids is 1. The molecule has 0 saturated heterocycles. The fourth-order valence-electron chi connectivity index (χ4n) is 3.08. The Balaban J connectivity index is 1.58. The fraction of sp³-hybridized carbons (Fsp3) is 0.294. The molecule has 0 radical (unpaired) electrons. The van der Waals surface area contributed by atoms with Crippen molar-refractivity contribution < 1.29 is 9.90 Å². The largest absolute Gasteiger partial charge is 0.393 e. The van der Waals surface area contributed by atoms with E-state index < -0.39 is 0 Å². The van der Waals surface area contributed by atoms with E-state index in [0.29, 0.717) is 24.1 Å². The molecule has 1 aliphatic carbocycles. The molecule has 7 nitrogen and oxygen atoms in total. The molecule has 0 unspecified atom stereocenters. The quantitative estimate of drug-likeness (QED) is 0.756. The van der Waals surface area contributed by atoms with Crippen molar-refractivity contribution in [2.45, 2.75) is 25.0 Å². The number of nitrogens with one attached hydrogen (secondary N) is 1. The summed E-state index contributed by atoms with van der Waals surface area (Å²) >= 11 is 0. The molecule has 1 aliphatic rings. The molecule has 1 fully saturated rings. The highest BCUT2D eigenvalue weighted by molar-refractivity contribution is 5.95. The number of carbonyl (C=O) groups is 1. The number of fused-ring (bicyclic) bond motifs is 1. The lowest BCUT2D eigenvalue weighted by Gasteiger charge is -2.37. The standard InChI is InChI=1S/C17H17N5O2/c23-13-7-12(8-13)16(14-3-1-2-5-18-14)20-17(24)11-4-6-22-10-19-21-15(22)9-11/h1-6,9-10,12-13,16,23H,7-8H2,(H,20,24)/t12?,13?,16-/m1/s1. The predicted molar refractivity (Wildman–Crippen MR) is 86.2 cm³/mol. The van der Waals surface area contributed by atoms with Crippen LogP contribution in [0.15, 0.2) is 49.1 Å². The van der Waals surface area contributed by atoms with Gasteiger partial charge in [0.05, 0.1) is 17.8 Å².